The molecule has 0 saturated carbocycles. The third-order valence-electron chi connectivity index (χ3n) is 3.34. The minimum absolute atomic E-state index is 0.347. The zero-order valence-corrected chi connectivity index (χ0v) is 11.4. The summed E-state index contributed by atoms with van der Waals surface area (Å²) in [6.07, 6.45) is 2.97. The van der Waals surface area contributed by atoms with Gasteiger partial charge in [-0.15, -0.1) is 0 Å². The molecule has 7 nitrogen and oxygen atoms in total. The number of fused-ring (bicyclic) bond motifs is 1. The number of nitrogens with zero attached hydrogens (tertiary/aromatic N) is 3. The predicted octanol–water partition coefficient (Wildman–Crippen LogP) is -0.259. The van der Waals surface area contributed by atoms with Crippen LogP contribution < -0.4 is 5.73 Å². The summed E-state index contributed by atoms with van der Waals surface area (Å²) in [6, 6.07) is 0. The second-order valence-corrected chi connectivity index (χ2v) is 4.71. The zero-order valence-electron chi connectivity index (χ0n) is 11.4. The van der Waals surface area contributed by atoms with Crippen molar-refractivity contribution in [3.63, 3.8) is 0 Å². The monoisotopic (exact) mass is 285 g/mol. The number of hydrogen-bond acceptors (Lipinski definition) is 5. The number of nitrogens with two attached hydrogens (primary N) is 1. The number of rotatable bonds is 2. The van der Waals surface area contributed by atoms with Crippen LogP contribution in [0.15, 0.2) is 12.5 Å². The standard InChI is InChI=1S/C14H15N5O2/c15-13(20)12-10-8-16-9-17-14(10)18-11(12)2-1-3-19-4-6-21-7-5-19/h8-9H,3-7H2,(H2,15,20)(H,16,17,18). The quantitative estimate of drug-likeness (QED) is 0.741. The summed E-state index contributed by atoms with van der Waals surface area (Å²) < 4.78 is 5.28. The van der Waals surface area contributed by atoms with Crippen molar-refractivity contribution < 1.29 is 9.53 Å². The van der Waals surface area contributed by atoms with Crippen LogP contribution in [-0.4, -0.2) is 58.6 Å². The minimum atomic E-state index is -0.535. The number of nitrogens with one attached hydrogen (secondary N) is 1. The van der Waals surface area contributed by atoms with Crippen molar-refractivity contribution in [2.75, 3.05) is 32.8 Å². The number of carbonyl (C=O) groups excluding carboxylic acids is 1. The van der Waals surface area contributed by atoms with Crippen LogP contribution in [0.5, 0.6) is 0 Å². The van der Waals surface area contributed by atoms with Crippen molar-refractivity contribution in [1.82, 2.24) is 19.9 Å². The number of primary amides is 1. The van der Waals surface area contributed by atoms with Gasteiger partial charge in [-0.1, -0.05) is 5.92 Å². The molecule has 21 heavy (non-hydrogen) atoms. The smallest absolute Gasteiger partial charge is 0.252 e. The van der Waals surface area contributed by atoms with Gasteiger partial charge < -0.3 is 15.5 Å². The van der Waals surface area contributed by atoms with Crippen LogP contribution in [0.1, 0.15) is 16.1 Å². The maximum Gasteiger partial charge on any atom is 0.252 e. The SMILES string of the molecule is NC(=O)c1c(C#CCN2CCOCC2)[nH]c2ncncc12. The van der Waals surface area contributed by atoms with E-state index in [1.165, 1.54) is 6.33 Å². The number of carbonyl (C=O) groups is 1. The second-order valence-electron chi connectivity index (χ2n) is 4.71. The Kier molecular flexibility index (Phi) is 3.81. The Morgan fingerprint density at radius 1 is 1.48 bits per heavy atom. The molecular weight excluding hydrogens is 270 g/mol. The molecular formula is C14H15N5O2. The molecule has 3 rings (SSSR count). The van der Waals surface area contributed by atoms with Gasteiger partial charge in [-0.2, -0.15) is 0 Å². The lowest BCUT2D eigenvalue weighted by Crippen LogP contribution is -2.36. The Morgan fingerprint density at radius 3 is 3.05 bits per heavy atom. The predicted molar refractivity (Wildman–Crippen MR) is 76.5 cm³/mol. The Labute approximate surface area is 121 Å². The molecule has 3 N–H and O–H groups in total. The lowest BCUT2D eigenvalue weighted by Gasteiger charge is -2.24. The van der Waals surface area contributed by atoms with Crippen LogP contribution >= 0.6 is 0 Å². The Morgan fingerprint density at radius 2 is 2.29 bits per heavy atom. The highest BCUT2D eigenvalue weighted by Crippen LogP contribution is 2.18. The van der Waals surface area contributed by atoms with E-state index in [2.05, 4.69) is 31.7 Å². The fourth-order valence-electron chi connectivity index (χ4n) is 2.28. The van der Waals surface area contributed by atoms with Gasteiger partial charge >= 0.3 is 0 Å². The summed E-state index contributed by atoms with van der Waals surface area (Å²) in [5.74, 6) is 5.50. The first-order valence-electron chi connectivity index (χ1n) is 6.66. The van der Waals surface area contributed by atoms with E-state index in [4.69, 9.17) is 10.5 Å². The molecule has 0 bridgehead atoms. The van der Waals surface area contributed by atoms with Gasteiger partial charge in [0.2, 0.25) is 0 Å². The molecule has 1 aliphatic heterocycles. The Bertz CT molecular complexity index is 722. The van der Waals surface area contributed by atoms with Crippen LogP contribution in [0.4, 0.5) is 0 Å². The first kappa shape index (κ1) is 13.5. The van der Waals surface area contributed by atoms with Gasteiger partial charge in [-0.25, -0.2) is 9.97 Å². The number of aromatic nitrogens is 3. The molecule has 0 atom stereocenters. The van der Waals surface area contributed by atoms with Gasteiger partial charge in [0.15, 0.2) is 0 Å². The maximum absolute atomic E-state index is 11.6. The third-order valence-corrected chi connectivity index (χ3v) is 3.34. The van der Waals surface area contributed by atoms with Crippen LogP contribution in [0.25, 0.3) is 11.0 Å². The van der Waals surface area contributed by atoms with E-state index >= 15 is 0 Å². The number of H-pyrrole nitrogens is 1. The minimum Gasteiger partial charge on any atom is -0.379 e. The molecule has 2 aromatic heterocycles. The highest BCUT2D eigenvalue weighted by atomic mass is 16.5. The largest absolute Gasteiger partial charge is 0.379 e. The lowest BCUT2D eigenvalue weighted by molar-refractivity contribution is 0.0443. The summed E-state index contributed by atoms with van der Waals surface area (Å²) >= 11 is 0. The molecule has 0 spiro atoms. The molecule has 3 heterocycles. The Hall–Kier alpha value is -2.43. The first-order chi connectivity index (χ1) is 10.3. The van der Waals surface area contributed by atoms with Gasteiger partial charge in [-0.3, -0.25) is 9.69 Å². The van der Waals surface area contributed by atoms with Gasteiger partial charge in [0.1, 0.15) is 17.7 Å². The summed E-state index contributed by atoms with van der Waals surface area (Å²) in [6.45, 7) is 3.83. The Balaban J connectivity index is 1.86. The molecule has 0 radical (unpaired) electrons. The van der Waals surface area contributed by atoms with E-state index in [1.807, 2.05) is 0 Å². The molecule has 7 heteroatoms. The molecule has 1 saturated heterocycles. The van der Waals surface area contributed by atoms with Crippen LogP contribution in [0.2, 0.25) is 0 Å². The van der Waals surface area contributed by atoms with E-state index in [-0.39, 0.29) is 0 Å². The highest BCUT2D eigenvalue weighted by Gasteiger charge is 2.15. The van der Waals surface area contributed by atoms with Crippen molar-refractivity contribution in [3.05, 3.63) is 23.8 Å². The first-order valence-corrected chi connectivity index (χ1v) is 6.66. The average molecular weight is 285 g/mol. The van der Waals surface area contributed by atoms with Crippen LogP contribution in [-0.2, 0) is 4.74 Å². The average Bonchev–Trinajstić information content (AvgIpc) is 2.86. The molecule has 0 aliphatic carbocycles. The van der Waals surface area contributed by atoms with Crippen molar-refractivity contribution in [2.24, 2.45) is 5.73 Å². The van der Waals surface area contributed by atoms with Gasteiger partial charge in [-0.05, 0) is 5.92 Å². The number of morpholine rings is 1. The number of ether oxygens (including phenoxy) is 1. The molecule has 0 unspecified atom stereocenters. The van der Waals surface area contributed by atoms with Crippen molar-refractivity contribution in [1.29, 1.82) is 0 Å². The fraction of sp³-hybridized carbons (Fsp3) is 0.357. The summed E-state index contributed by atoms with van der Waals surface area (Å²) in [4.78, 5) is 24.8. The number of hydrogen-bond donors (Lipinski definition) is 2. The van der Waals surface area contributed by atoms with E-state index < -0.39 is 5.91 Å². The fourth-order valence-corrected chi connectivity index (χ4v) is 2.28. The van der Waals surface area contributed by atoms with Crippen molar-refractivity contribution in [3.8, 4) is 11.8 Å². The van der Waals surface area contributed by atoms with Crippen LogP contribution in [0, 0.1) is 11.8 Å². The summed E-state index contributed by atoms with van der Waals surface area (Å²) in [5.41, 5.74) is 6.83. The number of amides is 1. The molecule has 1 aliphatic rings. The molecule has 108 valence electrons. The maximum atomic E-state index is 11.6. The van der Waals surface area contributed by atoms with E-state index in [9.17, 15) is 4.79 Å². The lowest BCUT2D eigenvalue weighted by atomic mass is 10.2. The summed E-state index contributed by atoms with van der Waals surface area (Å²) in [7, 11) is 0. The van der Waals surface area contributed by atoms with E-state index in [0.29, 0.717) is 28.8 Å². The molecule has 1 amide bonds. The topological polar surface area (TPSA) is 97.1 Å². The third kappa shape index (κ3) is 2.86. The van der Waals surface area contributed by atoms with E-state index in [0.717, 1.165) is 26.3 Å². The summed E-state index contributed by atoms with van der Waals surface area (Å²) in [5, 5.41) is 0.598. The van der Waals surface area contributed by atoms with Crippen LogP contribution in [0.3, 0.4) is 0 Å². The number of aromatic amines is 1. The van der Waals surface area contributed by atoms with E-state index in [1.54, 1.807) is 6.20 Å². The van der Waals surface area contributed by atoms with Gasteiger partial charge in [0.25, 0.3) is 5.91 Å². The highest BCUT2D eigenvalue weighted by molar-refractivity contribution is 6.07. The normalized spacial score (nSPS) is 15.6. The van der Waals surface area contributed by atoms with Crippen molar-refractivity contribution >= 4 is 16.9 Å². The second kappa shape index (κ2) is 5.91. The molecule has 1 fully saturated rings. The van der Waals surface area contributed by atoms with Crippen molar-refractivity contribution in [2.45, 2.75) is 0 Å². The van der Waals surface area contributed by atoms with Gasteiger partial charge in [0.05, 0.1) is 30.7 Å². The van der Waals surface area contributed by atoms with Gasteiger partial charge in [0, 0.05) is 19.3 Å². The molecule has 2 aromatic rings. The molecule has 0 aromatic carbocycles. The zero-order chi connectivity index (χ0) is 14.7.